The molecule has 0 unspecified atom stereocenters. The zero-order valence-corrected chi connectivity index (χ0v) is 12.8. The van der Waals surface area contributed by atoms with Gasteiger partial charge in [0.2, 0.25) is 5.95 Å². The molecular formula is C16H15FN6O. The highest BCUT2D eigenvalue weighted by molar-refractivity contribution is 5.85. The highest BCUT2D eigenvalue weighted by Crippen LogP contribution is 2.26. The summed E-state index contributed by atoms with van der Waals surface area (Å²) >= 11 is 0. The van der Waals surface area contributed by atoms with E-state index in [1.54, 1.807) is 18.2 Å². The van der Waals surface area contributed by atoms with E-state index in [9.17, 15) is 4.39 Å². The molecule has 1 aliphatic heterocycles. The number of rotatable bonds is 2. The van der Waals surface area contributed by atoms with E-state index in [2.05, 4.69) is 19.9 Å². The second-order valence-electron chi connectivity index (χ2n) is 5.41. The van der Waals surface area contributed by atoms with Gasteiger partial charge < -0.3 is 15.4 Å². The molecular weight excluding hydrogens is 311 g/mol. The summed E-state index contributed by atoms with van der Waals surface area (Å²) < 4.78 is 19.4. The molecule has 122 valence electrons. The number of nitrogens with two attached hydrogens (primary N) is 1. The van der Waals surface area contributed by atoms with Crippen LogP contribution in [0, 0.1) is 5.82 Å². The minimum absolute atomic E-state index is 0.136. The average Bonchev–Trinajstić information content (AvgIpc) is 2.62. The van der Waals surface area contributed by atoms with Crippen LogP contribution in [0.3, 0.4) is 0 Å². The molecule has 7 nitrogen and oxygen atoms in total. The Morgan fingerprint density at radius 3 is 2.67 bits per heavy atom. The fourth-order valence-electron chi connectivity index (χ4n) is 2.70. The molecule has 1 fully saturated rings. The summed E-state index contributed by atoms with van der Waals surface area (Å²) in [6.45, 7) is 2.56. The lowest BCUT2D eigenvalue weighted by Gasteiger charge is -2.28. The number of ether oxygens (including phenoxy) is 1. The van der Waals surface area contributed by atoms with Gasteiger partial charge in [-0.05, 0) is 12.1 Å². The van der Waals surface area contributed by atoms with Crippen LogP contribution in [0.1, 0.15) is 0 Å². The van der Waals surface area contributed by atoms with Gasteiger partial charge in [-0.3, -0.25) is 0 Å². The van der Waals surface area contributed by atoms with E-state index in [4.69, 9.17) is 10.5 Å². The first-order valence-electron chi connectivity index (χ1n) is 7.60. The van der Waals surface area contributed by atoms with E-state index in [0.29, 0.717) is 54.5 Å². The number of hydrogen-bond donors (Lipinski definition) is 1. The molecule has 0 amide bonds. The quantitative estimate of drug-likeness (QED) is 0.765. The number of fused-ring (bicyclic) bond motifs is 1. The Labute approximate surface area is 137 Å². The third-order valence-electron chi connectivity index (χ3n) is 3.87. The molecule has 0 atom stereocenters. The fourth-order valence-corrected chi connectivity index (χ4v) is 2.70. The molecule has 0 aliphatic carbocycles. The van der Waals surface area contributed by atoms with E-state index in [1.165, 1.54) is 12.3 Å². The van der Waals surface area contributed by atoms with Gasteiger partial charge in [0.25, 0.3) is 0 Å². The van der Waals surface area contributed by atoms with E-state index in [0.717, 1.165) is 0 Å². The summed E-state index contributed by atoms with van der Waals surface area (Å²) in [4.78, 5) is 19.3. The fraction of sp³-hybridized carbons (Fsp3) is 0.250. The zero-order chi connectivity index (χ0) is 16.5. The molecule has 3 heterocycles. The summed E-state index contributed by atoms with van der Waals surface area (Å²) in [6, 6.07) is 6.45. The Morgan fingerprint density at radius 2 is 1.88 bits per heavy atom. The van der Waals surface area contributed by atoms with Crippen LogP contribution < -0.4 is 10.6 Å². The minimum Gasteiger partial charge on any atom is -0.378 e. The molecule has 2 aromatic heterocycles. The predicted octanol–water partition coefficient (Wildman–Crippen LogP) is 1.64. The predicted molar refractivity (Wildman–Crippen MR) is 88.0 cm³/mol. The highest BCUT2D eigenvalue weighted by Gasteiger charge is 2.19. The number of hydrogen-bond acceptors (Lipinski definition) is 7. The van der Waals surface area contributed by atoms with Crippen LogP contribution in [0.25, 0.3) is 22.4 Å². The standard InChI is InChI=1S/C16H15FN6O/c17-11-4-2-1-3-10(11)12-9-19-14-13(20-12)15(22-16(18)21-14)23-5-7-24-8-6-23/h1-4,9H,5-8H2,(H2,18,19,21,22). The SMILES string of the molecule is Nc1nc(N2CCOCC2)c2nc(-c3ccccc3F)cnc2n1. The monoisotopic (exact) mass is 326 g/mol. The number of nitrogens with zero attached hydrogens (tertiary/aromatic N) is 5. The number of benzene rings is 1. The number of anilines is 2. The van der Waals surface area contributed by atoms with E-state index >= 15 is 0 Å². The van der Waals surface area contributed by atoms with Crippen molar-refractivity contribution in [2.24, 2.45) is 0 Å². The highest BCUT2D eigenvalue weighted by atomic mass is 19.1. The summed E-state index contributed by atoms with van der Waals surface area (Å²) in [5, 5.41) is 0. The Hall–Kier alpha value is -2.87. The molecule has 1 saturated heterocycles. The molecule has 4 rings (SSSR count). The maximum Gasteiger partial charge on any atom is 0.224 e. The molecule has 1 aromatic carbocycles. The van der Waals surface area contributed by atoms with Gasteiger partial charge >= 0.3 is 0 Å². The Balaban J connectivity index is 1.88. The second kappa shape index (κ2) is 5.97. The van der Waals surface area contributed by atoms with Gasteiger partial charge in [-0.15, -0.1) is 0 Å². The van der Waals surface area contributed by atoms with E-state index in [-0.39, 0.29) is 11.8 Å². The second-order valence-corrected chi connectivity index (χ2v) is 5.41. The zero-order valence-electron chi connectivity index (χ0n) is 12.8. The Kier molecular flexibility index (Phi) is 3.66. The first-order chi connectivity index (χ1) is 11.7. The van der Waals surface area contributed by atoms with Crippen molar-refractivity contribution in [1.82, 2.24) is 19.9 Å². The lowest BCUT2D eigenvalue weighted by Crippen LogP contribution is -2.37. The molecule has 1 aliphatic rings. The van der Waals surface area contributed by atoms with Crippen LogP contribution in [-0.2, 0) is 4.74 Å². The van der Waals surface area contributed by atoms with Crippen molar-refractivity contribution in [2.75, 3.05) is 36.9 Å². The first kappa shape index (κ1) is 14.7. The van der Waals surface area contributed by atoms with Crippen LogP contribution in [0.2, 0.25) is 0 Å². The average molecular weight is 326 g/mol. The van der Waals surface area contributed by atoms with Crippen LogP contribution in [0.15, 0.2) is 30.5 Å². The van der Waals surface area contributed by atoms with Crippen molar-refractivity contribution in [3.05, 3.63) is 36.3 Å². The van der Waals surface area contributed by atoms with Gasteiger partial charge in [0, 0.05) is 18.7 Å². The van der Waals surface area contributed by atoms with Gasteiger partial charge in [0.05, 0.1) is 25.1 Å². The van der Waals surface area contributed by atoms with Gasteiger partial charge in [-0.25, -0.2) is 14.4 Å². The third-order valence-corrected chi connectivity index (χ3v) is 3.87. The van der Waals surface area contributed by atoms with Crippen molar-refractivity contribution in [3.8, 4) is 11.3 Å². The van der Waals surface area contributed by atoms with Crippen molar-refractivity contribution in [1.29, 1.82) is 0 Å². The molecule has 0 radical (unpaired) electrons. The molecule has 0 saturated carbocycles. The summed E-state index contributed by atoms with van der Waals surface area (Å²) in [5.74, 6) is 0.388. The molecule has 0 spiro atoms. The maximum atomic E-state index is 14.0. The maximum absolute atomic E-state index is 14.0. The van der Waals surface area contributed by atoms with Crippen LogP contribution in [-0.4, -0.2) is 46.2 Å². The van der Waals surface area contributed by atoms with Crippen LogP contribution in [0.5, 0.6) is 0 Å². The number of aromatic nitrogens is 4. The Bertz CT molecular complexity index is 897. The largest absolute Gasteiger partial charge is 0.378 e. The minimum atomic E-state index is -0.351. The number of nitrogen functional groups attached to an aromatic ring is 1. The van der Waals surface area contributed by atoms with Gasteiger partial charge in [-0.2, -0.15) is 9.97 Å². The van der Waals surface area contributed by atoms with Crippen molar-refractivity contribution in [3.63, 3.8) is 0 Å². The lowest BCUT2D eigenvalue weighted by atomic mass is 10.1. The van der Waals surface area contributed by atoms with E-state index < -0.39 is 0 Å². The van der Waals surface area contributed by atoms with Gasteiger partial charge in [0.15, 0.2) is 17.0 Å². The van der Waals surface area contributed by atoms with Crippen molar-refractivity contribution in [2.45, 2.75) is 0 Å². The van der Waals surface area contributed by atoms with Gasteiger partial charge in [0.1, 0.15) is 5.82 Å². The van der Waals surface area contributed by atoms with E-state index in [1.807, 2.05) is 4.90 Å². The van der Waals surface area contributed by atoms with Gasteiger partial charge in [-0.1, -0.05) is 12.1 Å². The number of morpholine rings is 1. The molecule has 24 heavy (non-hydrogen) atoms. The topological polar surface area (TPSA) is 90.0 Å². The molecule has 3 aromatic rings. The summed E-state index contributed by atoms with van der Waals surface area (Å²) in [7, 11) is 0. The normalized spacial score (nSPS) is 15.0. The smallest absolute Gasteiger partial charge is 0.224 e. The molecule has 2 N–H and O–H groups in total. The number of halogens is 1. The Morgan fingerprint density at radius 1 is 1.08 bits per heavy atom. The molecule has 8 heteroatoms. The summed E-state index contributed by atoms with van der Waals surface area (Å²) in [6.07, 6.45) is 1.50. The van der Waals surface area contributed by atoms with Crippen molar-refractivity contribution >= 4 is 22.9 Å². The lowest BCUT2D eigenvalue weighted by molar-refractivity contribution is 0.122. The van der Waals surface area contributed by atoms with Crippen molar-refractivity contribution < 1.29 is 9.13 Å². The first-order valence-corrected chi connectivity index (χ1v) is 7.60. The molecule has 0 bridgehead atoms. The summed E-state index contributed by atoms with van der Waals surface area (Å²) in [5.41, 5.74) is 7.52. The van der Waals surface area contributed by atoms with Crippen LogP contribution in [0.4, 0.5) is 16.2 Å². The third kappa shape index (κ3) is 2.61. The van der Waals surface area contributed by atoms with Crippen LogP contribution >= 0.6 is 0 Å².